The molecule has 0 radical (unpaired) electrons. The molecule has 0 atom stereocenters. The number of rotatable bonds is 2. The first-order valence-electron chi connectivity index (χ1n) is 5.68. The minimum absolute atomic E-state index is 0. The van der Waals surface area contributed by atoms with Gasteiger partial charge in [0.15, 0.2) is 0 Å². The summed E-state index contributed by atoms with van der Waals surface area (Å²) in [5.74, 6) is 0. The Labute approximate surface area is 110 Å². The van der Waals surface area contributed by atoms with Gasteiger partial charge in [-0.15, -0.1) is 0 Å². The van der Waals surface area contributed by atoms with Gasteiger partial charge in [0.2, 0.25) is 0 Å². The minimum Gasteiger partial charge on any atom is -0.347 e. The van der Waals surface area contributed by atoms with Crippen molar-refractivity contribution >= 4 is 16.5 Å². The molecule has 15 heavy (non-hydrogen) atoms. The molecule has 0 bridgehead atoms. The average Bonchev–Trinajstić information content (AvgIpc) is 2.10. The molecule has 1 saturated heterocycles. The first-order valence-corrected chi connectivity index (χ1v) is 12.0. The van der Waals surface area contributed by atoms with Crippen LogP contribution in [0, 0.1) is 12.3 Å². The Morgan fingerprint density at radius 2 is 1.40 bits per heavy atom. The molecule has 1 nitrogen and oxygen atoms in total. The zero-order valence-electron chi connectivity index (χ0n) is 11.8. The predicted molar refractivity (Wildman–Crippen MR) is 70.4 cm³/mol. The molecule has 4 heteroatoms. The van der Waals surface area contributed by atoms with Crippen LogP contribution in [0.5, 0.6) is 0 Å². The van der Waals surface area contributed by atoms with Crippen LogP contribution in [0.15, 0.2) is 0 Å². The van der Waals surface area contributed by atoms with E-state index in [0.29, 0.717) is 0 Å². The van der Waals surface area contributed by atoms with Crippen LogP contribution >= 0.6 is 0 Å². The summed E-state index contributed by atoms with van der Waals surface area (Å²) >= 11 is 0. The van der Waals surface area contributed by atoms with Gasteiger partial charge in [0, 0.05) is 0 Å². The normalized spacial score (nSPS) is 25.0. The largest absolute Gasteiger partial charge is 1.00 e. The van der Waals surface area contributed by atoms with Crippen molar-refractivity contribution in [2.24, 2.45) is 5.41 Å². The third-order valence-corrected chi connectivity index (χ3v) is 13.7. The summed E-state index contributed by atoms with van der Waals surface area (Å²) in [5.41, 5.74) is 0.221. The minimum atomic E-state index is -1.06. The van der Waals surface area contributed by atoms with Crippen molar-refractivity contribution in [2.45, 2.75) is 52.1 Å². The van der Waals surface area contributed by atoms with Crippen LogP contribution in [0.25, 0.3) is 0 Å². The molecule has 1 fully saturated rings. The van der Waals surface area contributed by atoms with Crippen LogP contribution in [-0.2, 0) is 0 Å². The van der Waals surface area contributed by atoms with Gasteiger partial charge in [0.05, 0.1) is 0 Å². The molecule has 84 valence electrons. The van der Waals surface area contributed by atoms with Crippen LogP contribution in [0.1, 0.15) is 13.8 Å². The monoisotopic (exact) mass is 235 g/mol. The third-order valence-electron chi connectivity index (χ3n) is 3.40. The van der Waals surface area contributed by atoms with Gasteiger partial charge in [-0.3, -0.25) is 0 Å². The molecule has 1 rings (SSSR count). The third kappa shape index (κ3) is 4.05. The van der Waals surface area contributed by atoms with E-state index in [2.05, 4.69) is 51.2 Å². The Morgan fingerprint density at radius 1 is 1.07 bits per heavy atom. The Hall–Kier alpha value is 0.991. The Kier molecular flexibility index (Phi) is 5.01. The van der Waals surface area contributed by atoms with E-state index >= 15 is 0 Å². The van der Waals surface area contributed by atoms with Crippen LogP contribution in [0.3, 0.4) is 0 Å². The first kappa shape index (κ1) is 16.0. The number of hydrogen-bond acceptors (Lipinski definition) is 1. The molecule has 0 unspecified atom stereocenters. The molecule has 0 amide bonds. The Balaban J connectivity index is 0.00000196. The molecule has 0 spiro atoms. The maximum atomic E-state index is 4.27. The van der Waals surface area contributed by atoms with E-state index in [1.807, 2.05) is 0 Å². The second-order valence-electron chi connectivity index (χ2n) is 6.88. The van der Waals surface area contributed by atoms with Gasteiger partial charge in [-0.25, -0.2) is 0 Å². The van der Waals surface area contributed by atoms with Crippen LogP contribution < -0.4 is 18.9 Å². The summed E-state index contributed by atoms with van der Waals surface area (Å²) in [4.78, 5) is 0. The fraction of sp³-hybridized carbons (Fsp3) is 0.909. The first-order chi connectivity index (χ1) is 6.05. The second-order valence-corrected chi connectivity index (χ2v) is 16.7. The van der Waals surface area contributed by atoms with Gasteiger partial charge >= 0.3 is 18.9 Å². The van der Waals surface area contributed by atoms with Crippen molar-refractivity contribution in [3.8, 4) is 0 Å². The van der Waals surface area contributed by atoms with Gasteiger partial charge in [-0.05, 0) is 18.6 Å². The zero-order valence-corrected chi connectivity index (χ0v) is 13.8. The van der Waals surface area contributed by atoms with Gasteiger partial charge < -0.3 is 11.2 Å². The maximum Gasteiger partial charge on any atom is 1.00 e. The van der Waals surface area contributed by atoms with Gasteiger partial charge in [-0.2, -0.15) is 5.41 Å². The Bertz CT molecular complexity index is 205. The van der Waals surface area contributed by atoms with Crippen LogP contribution in [-0.4, -0.2) is 27.2 Å². The van der Waals surface area contributed by atoms with Crippen molar-refractivity contribution in [2.75, 3.05) is 6.54 Å². The van der Waals surface area contributed by atoms with Crippen molar-refractivity contribution in [1.82, 2.24) is 4.23 Å². The summed E-state index contributed by atoms with van der Waals surface area (Å²) < 4.78 is 2.91. The molecule has 1 aliphatic heterocycles. The van der Waals surface area contributed by atoms with E-state index < -0.39 is 16.5 Å². The van der Waals surface area contributed by atoms with E-state index in [9.17, 15) is 0 Å². The fourth-order valence-corrected chi connectivity index (χ4v) is 16.9. The maximum absolute atomic E-state index is 4.27. The summed E-state index contributed by atoms with van der Waals surface area (Å²) in [6.45, 7) is 20.1. The van der Waals surface area contributed by atoms with E-state index in [1.54, 1.807) is 0 Å². The molecular weight excluding hydrogens is 209 g/mol. The average molecular weight is 235 g/mol. The standard InChI is InChI=1S/C11H26NSi2.Li/c1-11(2,3)10-12-13(4,5)8-9-14(12,6)7;/h1,8-10H2,2-7H3;/q-1;+1. The fourth-order valence-electron chi connectivity index (χ4n) is 2.56. The second kappa shape index (κ2) is 4.70. The van der Waals surface area contributed by atoms with Gasteiger partial charge in [-0.1, -0.05) is 40.0 Å². The quantitative estimate of drug-likeness (QED) is 0.500. The predicted octanol–water partition coefficient (Wildman–Crippen LogP) is 0.576. The van der Waals surface area contributed by atoms with E-state index in [1.165, 1.54) is 18.6 Å². The number of hydrogen-bond donors (Lipinski definition) is 0. The molecule has 0 aliphatic carbocycles. The summed E-state index contributed by atoms with van der Waals surface area (Å²) in [6.07, 6.45) is 0. The van der Waals surface area contributed by atoms with E-state index in [0.717, 1.165) is 0 Å². The van der Waals surface area contributed by atoms with E-state index in [-0.39, 0.29) is 24.3 Å². The van der Waals surface area contributed by atoms with Gasteiger partial charge in [0.1, 0.15) is 16.5 Å². The SMILES string of the molecule is [CH2-]C(C)(C)CN1[Si](C)(C)CC[Si]1(C)C.[Li+]. The molecule has 0 aromatic heterocycles. The van der Waals surface area contributed by atoms with Gasteiger partial charge in [0.25, 0.3) is 0 Å². The van der Waals surface area contributed by atoms with E-state index in [4.69, 9.17) is 0 Å². The molecule has 0 aromatic rings. The van der Waals surface area contributed by atoms with Crippen molar-refractivity contribution < 1.29 is 18.9 Å². The molecule has 0 aromatic carbocycles. The molecule has 0 saturated carbocycles. The molecule has 0 N–H and O–H groups in total. The number of nitrogens with zero attached hydrogens (tertiary/aromatic N) is 1. The topological polar surface area (TPSA) is 3.24 Å². The summed E-state index contributed by atoms with van der Waals surface area (Å²) in [5, 5.41) is 0. The van der Waals surface area contributed by atoms with Crippen LogP contribution in [0.2, 0.25) is 38.3 Å². The van der Waals surface area contributed by atoms with Crippen LogP contribution in [0.4, 0.5) is 0 Å². The smallest absolute Gasteiger partial charge is 0.347 e. The zero-order chi connectivity index (χ0) is 11.2. The molecular formula is C11H26LiNSi2. The van der Waals surface area contributed by atoms with Crippen molar-refractivity contribution in [3.05, 3.63) is 6.92 Å². The van der Waals surface area contributed by atoms with Crippen molar-refractivity contribution in [3.63, 3.8) is 0 Å². The molecule has 1 aliphatic rings. The van der Waals surface area contributed by atoms with Crippen molar-refractivity contribution in [1.29, 1.82) is 0 Å². The Morgan fingerprint density at radius 3 is 1.67 bits per heavy atom. The summed E-state index contributed by atoms with van der Waals surface area (Å²) in [7, 11) is -2.12. The summed E-state index contributed by atoms with van der Waals surface area (Å²) in [6, 6.07) is 3.00. The molecule has 1 heterocycles.